The first-order valence-electron chi connectivity index (χ1n) is 8.65. The van der Waals surface area contributed by atoms with Gasteiger partial charge in [-0.3, -0.25) is 0 Å². The summed E-state index contributed by atoms with van der Waals surface area (Å²) < 4.78 is 32.2. The van der Waals surface area contributed by atoms with Gasteiger partial charge in [0.2, 0.25) is 16.0 Å². The highest BCUT2D eigenvalue weighted by Gasteiger charge is 2.57. The first kappa shape index (κ1) is 16.2. The molecule has 1 N–H and O–H groups in total. The number of hydrogen-bond donors (Lipinski definition) is 1. The maximum atomic E-state index is 12.3. The van der Waals surface area contributed by atoms with E-state index >= 15 is 0 Å². The second kappa shape index (κ2) is 5.93. The van der Waals surface area contributed by atoms with Crippen molar-refractivity contribution in [3.05, 3.63) is 18.0 Å². The fourth-order valence-corrected chi connectivity index (χ4v) is 5.64. The van der Waals surface area contributed by atoms with Gasteiger partial charge >= 0.3 is 0 Å². The van der Waals surface area contributed by atoms with E-state index in [1.165, 1.54) is 0 Å². The van der Waals surface area contributed by atoms with Crippen molar-refractivity contribution < 1.29 is 13.2 Å². The molecule has 2 saturated heterocycles. The molecule has 2 aliphatic heterocycles. The van der Waals surface area contributed by atoms with Crippen LogP contribution in [0.3, 0.4) is 0 Å². The summed E-state index contributed by atoms with van der Waals surface area (Å²) in [7, 11) is -3.07. The monoisotopic (exact) mass is 352 g/mol. The number of ether oxygens (including phenoxy) is 1. The van der Waals surface area contributed by atoms with Gasteiger partial charge in [0, 0.05) is 38.6 Å². The van der Waals surface area contributed by atoms with Crippen LogP contribution in [0.1, 0.15) is 31.2 Å². The zero-order valence-corrected chi connectivity index (χ0v) is 14.8. The standard InChI is InChI=1S/C16H24N4O3S/c1-12-8-18-15(19-9-12)17-6-4-13-5-7-23-16(13)10-20(11-16)24(21,22)14-2-3-14/h8-9,13-14H,2-7,10-11H2,1H3,(H,17,18,19)/t13-/m0/s1. The second-order valence-electron chi connectivity index (χ2n) is 7.21. The summed E-state index contributed by atoms with van der Waals surface area (Å²) in [5, 5.41) is 3.12. The minimum atomic E-state index is -3.07. The molecule has 3 aliphatic rings. The predicted octanol–water partition coefficient (Wildman–Crippen LogP) is 1.17. The molecule has 0 radical (unpaired) electrons. The van der Waals surface area contributed by atoms with Crippen LogP contribution in [0.15, 0.2) is 12.4 Å². The van der Waals surface area contributed by atoms with Crippen LogP contribution in [0.25, 0.3) is 0 Å². The molecule has 1 atom stereocenters. The van der Waals surface area contributed by atoms with Crippen molar-refractivity contribution in [1.29, 1.82) is 0 Å². The topological polar surface area (TPSA) is 84.4 Å². The quantitative estimate of drug-likeness (QED) is 0.827. The van der Waals surface area contributed by atoms with Gasteiger partial charge in [0.1, 0.15) is 0 Å². The van der Waals surface area contributed by atoms with E-state index in [2.05, 4.69) is 15.3 Å². The van der Waals surface area contributed by atoms with Gasteiger partial charge in [-0.15, -0.1) is 0 Å². The Morgan fingerprint density at radius 3 is 2.67 bits per heavy atom. The summed E-state index contributed by atoms with van der Waals surface area (Å²) in [5.41, 5.74) is 0.771. The SMILES string of the molecule is Cc1cnc(NCC[C@H]2CCOC23CN(S(=O)(=O)C2CC2)C3)nc1. The third-order valence-electron chi connectivity index (χ3n) is 5.35. The van der Waals surface area contributed by atoms with Gasteiger partial charge in [0.15, 0.2) is 0 Å². The number of anilines is 1. The summed E-state index contributed by atoms with van der Waals surface area (Å²) >= 11 is 0. The Kier molecular flexibility index (Phi) is 4.01. The molecule has 24 heavy (non-hydrogen) atoms. The number of sulfonamides is 1. The molecule has 0 unspecified atom stereocenters. The number of aryl methyl sites for hydroxylation is 1. The summed E-state index contributed by atoms with van der Waals surface area (Å²) in [6.07, 6.45) is 7.15. The highest BCUT2D eigenvalue weighted by molar-refractivity contribution is 7.90. The molecule has 1 aliphatic carbocycles. The Hall–Kier alpha value is -1.25. The number of nitrogens with zero attached hydrogens (tertiary/aromatic N) is 3. The maximum Gasteiger partial charge on any atom is 0.222 e. The molecule has 1 aromatic heterocycles. The molecule has 3 heterocycles. The summed E-state index contributed by atoms with van der Waals surface area (Å²) in [5.74, 6) is 1.03. The zero-order valence-electron chi connectivity index (χ0n) is 13.9. The van der Waals surface area contributed by atoms with Gasteiger partial charge in [-0.1, -0.05) is 0 Å². The zero-order chi connectivity index (χ0) is 16.8. The van der Waals surface area contributed by atoms with Gasteiger partial charge in [0.05, 0.1) is 10.9 Å². The van der Waals surface area contributed by atoms with Crippen molar-refractivity contribution in [2.45, 2.75) is 43.5 Å². The largest absolute Gasteiger partial charge is 0.372 e. The Bertz CT molecular complexity index is 697. The fourth-order valence-electron chi connectivity index (χ4n) is 3.69. The lowest BCUT2D eigenvalue weighted by Gasteiger charge is -2.49. The van der Waals surface area contributed by atoms with E-state index in [0.717, 1.165) is 44.4 Å². The lowest BCUT2D eigenvalue weighted by molar-refractivity contribution is -0.102. The molecule has 0 bridgehead atoms. The molecule has 7 nitrogen and oxygen atoms in total. The van der Waals surface area contributed by atoms with Crippen LogP contribution in [-0.4, -0.2) is 59.8 Å². The third kappa shape index (κ3) is 2.91. The Morgan fingerprint density at radius 1 is 1.29 bits per heavy atom. The Morgan fingerprint density at radius 2 is 2.00 bits per heavy atom. The van der Waals surface area contributed by atoms with Crippen molar-refractivity contribution in [2.75, 3.05) is 31.6 Å². The van der Waals surface area contributed by atoms with Crippen LogP contribution < -0.4 is 5.32 Å². The summed E-state index contributed by atoms with van der Waals surface area (Å²) in [4.78, 5) is 8.49. The van der Waals surface area contributed by atoms with Crippen LogP contribution in [0.4, 0.5) is 5.95 Å². The fraction of sp³-hybridized carbons (Fsp3) is 0.750. The van der Waals surface area contributed by atoms with Gasteiger partial charge in [-0.05, 0) is 44.1 Å². The molecular formula is C16H24N4O3S. The summed E-state index contributed by atoms with van der Waals surface area (Å²) in [6.45, 7) is 4.51. The molecule has 1 spiro atoms. The van der Waals surface area contributed by atoms with Crippen LogP contribution in [0, 0.1) is 12.8 Å². The highest BCUT2D eigenvalue weighted by atomic mass is 32.2. The van der Waals surface area contributed by atoms with Crippen LogP contribution >= 0.6 is 0 Å². The molecule has 3 fully saturated rings. The van der Waals surface area contributed by atoms with Gasteiger partial charge in [-0.25, -0.2) is 18.4 Å². The Balaban J connectivity index is 1.30. The van der Waals surface area contributed by atoms with Gasteiger partial charge in [-0.2, -0.15) is 4.31 Å². The first-order valence-corrected chi connectivity index (χ1v) is 10.2. The molecule has 8 heteroatoms. The normalized spacial score (nSPS) is 26.5. The minimum Gasteiger partial charge on any atom is -0.372 e. The van der Waals surface area contributed by atoms with Crippen molar-refractivity contribution in [2.24, 2.45) is 5.92 Å². The predicted molar refractivity (Wildman–Crippen MR) is 90.2 cm³/mol. The maximum absolute atomic E-state index is 12.3. The number of hydrogen-bond acceptors (Lipinski definition) is 6. The number of aromatic nitrogens is 2. The molecule has 1 saturated carbocycles. The average Bonchev–Trinajstić information content (AvgIpc) is 3.29. The highest BCUT2D eigenvalue weighted by Crippen LogP contribution is 2.45. The van der Waals surface area contributed by atoms with Gasteiger partial charge in [0.25, 0.3) is 0 Å². The molecule has 0 aromatic carbocycles. The van der Waals surface area contributed by atoms with E-state index in [0.29, 0.717) is 25.0 Å². The molecule has 0 amide bonds. The lowest BCUT2D eigenvalue weighted by Crippen LogP contribution is -2.66. The van der Waals surface area contributed by atoms with Crippen molar-refractivity contribution in [3.8, 4) is 0 Å². The Labute approximate surface area is 142 Å². The molecule has 1 aromatic rings. The lowest BCUT2D eigenvalue weighted by atomic mass is 9.80. The first-order chi connectivity index (χ1) is 11.5. The van der Waals surface area contributed by atoms with Crippen LogP contribution in [0.5, 0.6) is 0 Å². The number of nitrogens with one attached hydrogen (secondary N) is 1. The smallest absolute Gasteiger partial charge is 0.222 e. The average molecular weight is 352 g/mol. The minimum absolute atomic E-state index is 0.130. The second-order valence-corrected chi connectivity index (χ2v) is 9.42. The molecule has 4 rings (SSSR count). The van der Waals surface area contributed by atoms with Gasteiger partial charge < -0.3 is 10.1 Å². The van der Waals surface area contributed by atoms with E-state index in [9.17, 15) is 8.42 Å². The van der Waals surface area contributed by atoms with E-state index in [-0.39, 0.29) is 10.9 Å². The molecular weight excluding hydrogens is 328 g/mol. The van der Waals surface area contributed by atoms with E-state index in [4.69, 9.17) is 4.74 Å². The van der Waals surface area contributed by atoms with Crippen molar-refractivity contribution in [1.82, 2.24) is 14.3 Å². The van der Waals surface area contributed by atoms with Crippen molar-refractivity contribution in [3.63, 3.8) is 0 Å². The van der Waals surface area contributed by atoms with Crippen LogP contribution in [-0.2, 0) is 14.8 Å². The van der Waals surface area contributed by atoms with E-state index < -0.39 is 10.0 Å². The molecule has 132 valence electrons. The number of rotatable bonds is 6. The van der Waals surface area contributed by atoms with Crippen molar-refractivity contribution >= 4 is 16.0 Å². The van der Waals surface area contributed by atoms with Crippen LogP contribution in [0.2, 0.25) is 0 Å². The summed E-state index contributed by atoms with van der Waals surface area (Å²) in [6, 6.07) is 0. The van der Waals surface area contributed by atoms with E-state index in [1.807, 2.05) is 6.92 Å². The van der Waals surface area contributed by atoms with E-state index in [1.54, 1.807) is 16.7 Å². The third-order valence-corrected chi connectivity index (χ3v) is 7.64.